The molecule has 0 aromatic rings. The summed E-state index contributed by atoms with van der Waals surface area (Å²) in [5, 5.41) is 8.79. The molecule has 0 aromatic carbocycles. The molecular formula is C16H32O4. The summed E-state index contributed by atoms with van der Waals surface area (Å²) < 4.78 is 11.8. The molecule has 4 nitrogen and oxygen atoms in total. The number of hydrogen-bond donors (Lipinski definition) is 1. The molecule has 0 radical (unpaired) electrons. The lowest BCUT2D eigenvalue weighted by Gasteiger charge is -2.33. The van der Waals surface area contributed by atoms with Crippen molar-refractivity contribution in [3.8, 4) is 0 Å². The summed E-state index contributed by atoms with van der Waals surface area (Å²) in [4.78, 5) is 10.7. The summed E-state index contributed by atoms with van der Waals surface area (Å²) in [7, 11) is 0. The Hall–Kier alpha value is -0.610. The molecule has 0 bridgehead atoms. The number of ether oxygens (including phenoxy) is 2. The van der Waals surface area contributed by atoms with E-state index in [1.54, 1.807) is 0 Å². The summed E-state index contributed by atoms with van der Waals surface area (Å²) >= 11 is 0. The third-order valence-electron chi connectivity index (χ3n) is 3.97. The van der Waals surface area contributed by atoms with Crippen molar-refractivity contribution in [1.82, 2.24) is 0 Å². The van der Waals surface area contributed by atoms with Crippen LogP contribution in [0, 0.1) is 0 Å². The highest BCUT2D eigenvalue weighted by atomic mass is 16.5. The number of carboxylic acid groups (broad SMARTS) is 1. The molecule has 0 saturated carbocycles. The van der Waals surface area contributed by atoms with Gasteiger partial charge in [-0.15, -0.1) is 0 Å². The van der Waals surface area contributed by atoms with E-state index in [0.717, 1.165) is 25.7 Å². The van der Waals surface area contributed by atoms with Crippen molar-refractivity contribution < 1.29 is 19.4 Å². The molecule has 0 heterocycles. The van der Waals surface area contributed by atoms with Gasteiger partial charge in [0, 0.05) is 13.0 Å². The normalized spacial score (nSPS) is 17.4. The first-order valence-electron chi connectivity index (χ1n) is 7.80. The fourth-order valence-electron chi connectivity index (χ4n) is 2.38. The first-order valence-corrected chi connectivity index (χ1v) is 7.80. The molecule has 0 aliphatic carbocycles. The molecule has 0 aromatic heterocycles. The Morgan fingerprint density at radius 2 is 1.65 bits per heavy atom. The highest BCUT2D eigenvalue weighted by Gasteiger charge is 2.27. The van der Waals surface area contributed by atoms with Crippen LogP contribution in [0.25, 0.3) is 0 Å². The average Bonchev–Trinajstić information content (AvgIpc) is 2.37. The first kappa shape index (κ1) is 19.4. The summed E-state index contributed by atoms with van der Waals surface area (Å²) in [6.45, 7) is 11.6. The third-order valence-corrected chi connectivity index (χ3v) is 3.97. The quantitative estimate of drug-likeness (QED) is 0.589. The molecule has 20 heavy (non-hydrogen) atoms. The maximum Gasteiger partial charge on any atom is 0.303 e. The van der Waals surface area contributed by atoms with Gasteiger partial charge in [-0.1, -0.05) is 20.3 Å². The van der Waals surface area contributed by atoms with Crippen molar-refractivity contribution in [2.45, 2.75) is 84.3 Å². The molecular weight excluding hydrogens is 256 g/mol. The van der Waals surface area contributed by atoms with Crippen molar-refractivity contribution >= 4 is 5.97 Å². The molecule has 0 fully saturated rings. The number of rotatable bonds is 12. The minimum absolute atomic E-state index is 0.134. The van der Waals surface area contributed by atoms with Crippen LogP contribution in [0.2, 0.25) is 0 Å². The molecule has 0 aliphatic rings. The van der Waals surface area contributed by atoms with Crippen molar-refractivity contribution in [3.05, 3.63) is 0 Å². The highest BCUT2D eigenvalue weighted by Crippen LogP contribution is 2.26. The lowest BCUT2D eigenvalue weighted by atomic mass is 9.94. The fourth-order valence-corrected chi connectivity index (χ4v) is 2.38. The summed E-state index contributed by atoms with van der Waals surface area (Å²) in [5.74, 6) is -0.765. The second-order valence-corrected chi connectivity index (χ2v) is 5.93. The van der Waals surface area contributed by atoms with Gasteiger partial charge in [0.25, 0.3) is 0 Å². The van der Waals surface area contributed by atoms with Crippen LogP contribution < -0.4 is 0 Å². The number of carboxylic acids is 1. The third kappa shape index (κ3) is 7.85. The first-order chi connectivity index (χ1) is 9.31. The van der Waals surface area contributed by atoms with Crippen LogP contribution in [-0.4, -0.2) is 35.5 Å². The maximum absolute atomic E-state index is 10.7. The zero-order valence-electron chi connectivity index (χ0n) is 13.8. The van der Waals surface area contributed by atoms with Gasteiger partial charge >= 0.3 is 5.97 Å². The SMILES string of the molecule is CCCC(C)(CCOC(C)(CC)CCC(=O)O)OCC. The van der Waals surface area contributed by atoms with Gasteiger partial charge in [0.1, 0.15) is 0 Å². The van der Waals surface area contributed by atoms with E-state index in [2.05, 4.69) is 13.8 Å². The topological polar surface area (TPSA) is 55.8 Å². The van der Waals surface area contributed by atoms with Crippen LogP contribution in [-0.2, 0) is 14.3 Å². The molecule has 4 heteroatoms. The smallest absolute Gasteiger partial charge is 0.303 e. The van der Waals surface area contributed by atoms with E-state index in [1.165, 1.54) is 0 Å². The average molecular weight is 288 g/mol. The number of carbonyl (C=O) groups is 1. The summed E-state index contributed by atoms with van der Waals surface area (Å²) in [6.07, 6.45) is 4.47. The van der Waals surface area contributed by atoms with Gasteiger partial charge in [-0.2, -0.15) is 0 Å². The van der Waals surface area contributed by atoms with Gasteiger partial charge < -0.3 is 14.6 Å². The monoisotopic (exact) mass is 288 g/mol. The van der Waals surface area contributed by atoms with Gasteiger partial charge in [0.15, 0.2) is 0 Å². The van der Waals surface area contributed by atoms with Crippen LogP contribution in [0.1, 0.15) is 73.1 Å². The lowest BCUT2D eigenvalue weighted by Crippen LogP contribution is -2.34. The minimum Gasteiger partial charge on any atom is -0.481 e. The molecule has 0 saturated heterocycles. The summed E-state index contributed by atoms with van der Waals surface area (Å²) in [6, 6.07) is 0. The van der Waals surface area contributed by atoms with Crippen molar-refractivity contribution in [2.24, 2.45) is 0 Å². The Balaban J connectivity index is 4.30. The van der Waals surface area contributed by atoms with Gasteiger partial charge in [-0.3, -0.25) is 4.79 Å². The summed E-state index contributed by atoms with van der Waals surface area (Å²) in [5.41, 5.74) is -0.483. The molecule has 2 unspecified atom stereocenters. The Morgan fingerprint density at radius 1 is 1.00 bits per heavy atom. The Morgan fingerprint density at radius 3 is 2.10 bits per heavy atom. The highest BCUT2D eigenvalue weighted by molar-refractivity contribution is 5.66. The van der Waals surface area contributed by atoms with Gasteiger partial charge in [-0.25, -0.2) is 0 Å². The van der Waals surface area contributed by atoms with Gasteiger partial charge in [0.05, 0.1) is 17.8 Å². The largest absolute Gasteiger partial charge is 0.481 e. The van der Waals surface area contributed by atoms with Crippen molar-refractivity contribution in [2.75, 3.05) is 13.2 Å². The van der Waals surface area contributed by atoms with E-state index in [1.807, 2.05) is 20.8 Å². The van der Waals surface area contributed by atoms with Crippen LogP contribution in [0.4, 0.5) is 0 Å². The molecule has 0 aliphatic heterocycles. The van der Waals surface area contributed by atoms with Crippen LogP contribution >= 0.6 is 0 Å². The molecule has 0 spiro atoms. The number of aliphatic carboxylic acids is 1. The second kappa shape index (κ2) is 9.35. The maximum atomic E-state index is 10.7. The molecule has 0 amide bonds. The number of hydrogen-bond acceptors (Lipinski definition) is 3. The molecule has 1 N–H and O–H groups in total. The zero-order valence-corrected chi connectivity index (χ0v) is 13.8. The van der Waals surface area contributed by atoms with Gasteiger partial charge in [0.2, 0.25) is 0 Å². The van der Waals surface area contributed by atoms with E-state index in [4.69, 9.17) is 14.6 Å². The second-order valence-electron chi connectivity index (χ2n) is 5.93. The van der Waals surface area contributed by atoms with E-state index >= 15 is 0 Å². The van der Waals surface area contributed by atoms with E-state index in [-0.39, 0.29) is 17.6 Å². The van der Waals surface area contributed by atoms with Crippen molar-refractivity contribution in [1.29, 1.82) is 0 Å². The van der Waals surface area contributed by atoms with E-state index in [9.17, 15) is 4.79 Å². The van der Waals surface area contributed by atoms with Crippen LogP contribution in [0.5, 0.6) is 0 Å². The standard InChI is InChI=1S/C16H32O4/c1-6-10-16(5,19-8-3)12-13-20-15(4,7-2)11-9-14(17)18/h6-13H2,1-5H3,(H,17,18). The Labute approximate surface area is 123 Å². The van der Waals surface area contributed by atoms with Gasteiger partial charge in [-0.05, 0) is 46.5 Å². The molecule has 2 atom stereocenters. The lowest BCUT2D eigenvalue weighted by molar-refractivity contribution is -0.139. The molecule has 120 valence electrons. The van der Waals surface area contributed by atoms with E-state index in [0.29, 0.717) is 19.6 Å². The Kier molecular flexibility index (Phi) is 9.06. The van der Waals surface area contributed by atoms with E-state index < -0.39 is 5.97 Å². The Bertz CT molecular complexity index is 272. The molecule has 0 rings (SSSR count). The van der Waals surface area contributed by atoms with Crippen LogP contribution in [0.15, 0.2) is 0 Å². The predicted molar refractivity (Wildman–Crippen MR) is 81.1 cm³/mol. The zero-order chi connectivity index (χ0) is 15.6. The minimum atomic E-state index is -0.765. The van der Waals surface area contributed by atoms with Crippen LogP contribution in [0.3, 0.4) is 0 Å². The van der Waals surface area contributed by atoms with Crippen molar-refractivity contribution in [3.63, 3.8) is 0 Å². The predicted octanol–water partition coefficient (Wildman–Crippen LogP) is 4.02. The fraction of sp³-hybridized carbons (Fsp3) is 0.938.